The summed E-state index contributed by atoms with van der Waals surface area (Å²) in [6, 6.07) is 12.1. The average molecular weight is 366 g/mol. The first-order valence-electron chi connectivity index (χ1n) is 6.52. The molecule has 3 aromatic rings. The SMILES string of the molecule is COc1cccc2c1nc(CCl)n2-c1ccc(C)c(Br)c1. The summed E-state index contributed by atoms with van der Waals surface area (Å²) in [6.45, 7) is 2.06. The fraction of sp³-hybridized carbons (Fsp3) is 0.188. The molecule has 3 rings (SSSR count). The highest BCUT2D eigenvalue weighted by molar-refractivity contribution is 9.10. The first-order valence-corrected chi connectivity index (χ1v) is 7.85. The van der Waals surface area contributed by atoms with E-state index in [0.717, 1.165) is 32.8 Å². The molecule has 0 unspecified atom stereocenters. The molecule has 0 radical (unpaired) electrons. The lowest BCUT2D eigenvalue weighted by atomic mass is 10.2. The number of imidazole rings is 1. The number of benzene rings is 2. The van der Waals surface area contributed by atoms with Crippen molar-refractivity contribution < 1.29 is 4.74 Å². The Balaban J connectivity index is 2.32. The van der Waals surface area contributed by atoms with Crippen molar-refractivity contribution in [1.82, 2.24) is 9.55 Å². The topological polar surface area (TPSA) is 27.1 Å². The Morgan fingerprint density at radius 1 is 1.29 bits per heavy atom. The van der Waals surface area contributed by atoms with E-state index in [1.165, 1.54) is 5.56 Å². The van der Waals surface area contributed by atoms with Gasteiger partial charge >= 0.3 is 0 Å². The largest absolute Gasteiger partial charge is 0.494 e. The highest BCUT2D eigenvalue weighted by atomic mass is 79.9. The lowest BCUT2D eigenvalue weighted by Crippen LogP contribution is -1.99. The number of hydrogen-bond donors (Lipinski definition) is 0. The van der Waals surface area contributed by atoms with Gasteiger partial charge in [-0.25, -0.2) is 4.98 Å². The Morgan fingerprint density at radius 3 is 2.76 bits per heavy atom. The molecule has 0 atom stereocenters. The molecule has 0 saturated heterocycles. The molecule has 0 bridgehead atoms. The monoisotopic (exact) mass is 364 g/mol. The van der Waals surface area contributed by atoms with E-state index in [0.29, 0.717) is 5.88 Å². The summed E-state index contributed by atoms with van der Waals surface area (Å²) in [7, 11) is 1.65. The van der Waals surface area contributed by atoms with Crippen molar-refractivity contribution >= 4 is 38.6 Å². The minimum Gasteiger partial charge on any atom is -0.494 e. The van der Waals surface area contributed by atoms with Crippen LogP contribution in [0.3, 0.4) is 0 Å². The third-order valence-corrected chi connectivity index (χ3v) is 4.56. The molecule has 0 aliphatic heterocycles. The van der Waals surface area contributed by atoms with Gasteiger partial charge in [0.05, 0.1) is 18.5 Å². The Kier molecular flexibility index (Phi) is 3.91. The van der Waals surface area contributed by atoms with Gasteiger partial charge in [-0.15, -0.1) is 11.6 Å². The number of hydrogen-bond acceptors (Lipinski definition) is 2. The van der Waals surface area contributed by atoms with Gasteiger partial charge in [0, 0.05) is 10.2 Å². The smallest absolute Gasteiger partial charge is 0.146 e. The molecule has 2 aromatic carbocycles. The van der Waals surface area contributed by atoms with Gasteiger partial charge in [0.25, 0.3) is 0 Å². The molecule has 1 heterocycles. The highest BCUT2D eigenvalue weighted by Gasteiger charge is 2.15. The predicted molar refractivity (Wildman–Crippen MR) is 89.6 cm³/mol. The van der Waals surface area contributed by atoms with E-state index in [4.69, 9.17) is 16.3 Å². The van der Waals surface area contributed by atoms with E-state index in [1.54, 1.807) is 7.11 Å². The van der Waals surface area contributed by atoms with Crippen LogP contribution in [0.25, 0.3) is 16.7 Å². The van der Waals surface area contributed by atoms with E-state index >= 15 is 0 Å². The van der Waals surface area contributed by atoms with Gasteiger partial charge in [0.1, 0.15) is 17.1 Å². The van der Waals surface area contributed by atoms with Gasteiger partial charge in [0.15, 0.2) is 0 Å². The standard InChI is InChI=1S/C16H14BrClN2O/c1-10-6-7-11(8-12(10)17)20-13-4-3-5-14(21-2)16(13)19-15(20)9-18/h3-8H,9H2,1-2H3. The number of ether oxygens (including phenoxy) is 1. The van der Waals surface area contributed by atoms with Crippen LogP contribution in [0.4, 0.5) is 0 Å². The zero-order valence-electron chi connectivity index (χ0n) is 11.7. The molecule has 0 N–H and O–H groups in total. The first kappa shape index (κ1) is 14.4. The van der Waals surface area contributed by atoms with Gasteiger partial charge in [0.2, 0.25) is 0 Å². The molecule has 0 aliphatic rings. The summed E-state index contributed by atoms with van der Waals surface area (Å²) in [5.41, 5.74) is 4.03. The molecule has 0 spiro atoms. The van der Waals surface area contributed by atoms with Crippen molar-refractivity contribution in [2.24, 2.45) is 0 Å². The third kappa shape index (κ3) is 2.43. The molecule has 5 heteroatoms. The van der Waals surface area contributed by atoms with Gasteiger partial charge < -0.3 is 4.74 Å². The van der Waals surface area contributed by atoms with E-state index in [2.05, 4.69) is 50.6 Å². The number of methoxy groups -OCH3 is 1. The molecule has 21 heavy (non-hydrogen) atoms. The van der Waals surface area contributed by atoms with Gasteiger partial charge in [-0.2, -0.15) is 0 Å². The fourth-order valence-corrected chi connectivity index (χ4v) is 2.93. The summed E-state index contributed by atoms with van der Waals surface area (Å²) in [5, 5.41) is 0. The summed E-state index contributed by atoms with van der Waals surface area (Å²) in [4.78, 5) is 4.62. The van der Waals surface area contributed by atoms with Crippen molar-refractivity contribution in [2.45, 2.75) is 12.8 Å². The van der Waals surface area contributed by atoms with Crippen molar-refractivity contribution in [1.29, 1.82) is 0 Å². The number of alkyl halides is 1. The van der Waals surface area contributed by atoms with Crippen molar-refractivity contribution in [2.75, 3.05) is 7.11 Å². The predicted octanol–water partition coefficient (Wildman–Crippen LogP) is 4.84. The van der Waals surface area contributed by atoms with Crippen LogP contribution in [0.5, 0.6) is 5.75 Å². The second-order valence-corrected chi connectivity index (χ2v) is 5.88. The van der Waals surface area contributed by atoms with E-state index in [9.17, 15) is 0 Å². The molecular formula is C16H14BrClN2O. The molecule has 0 fully saturated rings. The van der Waals surface area contributed by atoms with E-state index in [1.807, 2.05) is 18.2 Å². The third-order valence-electron chi connectivity index (χ3n) is 3.47. The summed E-state index contributed by atoms with van der Waals surface area (Å²) < 4.78 is 8.52. The number of aryl methyl sites for hydroxylation is 1. The number of aromatic nitrogens is 2. The van der Waals surface area contributed by atoms with Crippen LogP contribution in [0.1, 0.15) is 11.4 Å². The number of rotatable bonds is 3. The maximum absolute atomic E-state index is 6.08. The Bertz CT molecular complexity index is 813. The number of fused-ring (bicyclic) bond motifs is 1. The molecule has 108 valence electrons. The van der Waals surface area contributed by atoms with Gasteiger partial charge in [-0.3, -0.25) is 4.57 Å². The Labute approximate surface area is 136 Å². The molecule has 0 saturated carbocycles. The quantitative estimate of drug-likeness (QED) is 0.621. The molecular weight excluding hydrogens is 352 g/mol. The Hall–Kier alpha value is -1.52. The number of nitrogens with zero attached hydrogens (tertiary/aromatic N) is 2. The van der Waals surface area contributed by atoms with E-state index < -0.39 is 0 Å². The zero-order valence-corrected chi connectivity index (χ0v) is 14.1. The van der Waals surface area contributed by atoms with Gasteiger partial charge in [-0.05, 0) is 36.8 Å². The summed E-state index contributed by atoms with van der Waals surface area (Å²) in [5.74, 6) is 1.89. The lowest BCUT2D eigenvalue weighted by molar-refractivity contribution is 0.419. The van der Waals surface area contributed by atoms with Gasteiger partial charge in [-0.1, -0.05) is 28.1 Å². The minimum absolute atomic E-state index is 0.337. The van der Waals surface area contributed by atoms with Crippen LogP contribution >= 0.6 is 27.5 Å². The van der Waals surface area contributed by atoms with Crippen LogP contribution in [0.15, 0.2) is 40.9 Å². The fourth-order valence-electron chi connectivity index (χ4n) is 2.38. The number of halogens is 2. The van der Waals surface area contributed by atoms with Crippen molar-refractivity contribution in [3.63, 3.8) is 0 Å². The second kappa shape index (κ2) is 5.70. The van der Waals surface area contributed by atoms with Crippen molar-refractivity contribution in [3.8, 4) is 11.4 Å². The van der Waals surface area contributed by atoms with E-state index in [-0.39, 0.29) is 0 Å². The molecule has 1 aromatic heterocycles. The molecule has 0 aliphatic carbocycles. The van der Waals surface area contributed by atoms with Crippen LogP contribution in [-0.4, -0.2) is 16.7 Å². The molecule has 3 nitrogen and oxygen atoms in total. The van der Waals surface area contributed by atoms with Crippen LogP contribution in [0, 0.1) is 6.92 Å². The normalized spacial score (nSPS) is 11.0. The van der Waals surface area contributed by atoms with Crippen LogP contribution < -0.4 is 4.74 Å². The van der Waals surface area contributed by atoms with Crippen LogP contribution in [0.2, 0.25) is 0 Å². The molecule has 0 amide bonds. The maximum Gasteiger partial charge on any atom is 0.146 e. The zero-order chi connectivity index (χ0) is 15.0. The Morgan fingerprint density at radius 2 is 2.10 bits per heavy atom. The maximum atomic E-state index is 6.08. The average Bonchev–Trinajstić information content (AvgIpc) is 2.88. The first-order chi connectivity index (χ1) is 10.2. The summed E-state index contributed by atoms with van der Waals surface area (Å²) >= 11 is 9.66. The number of para-hydroxylation sites is 1. The van der Waals surface area contributed by atoms with Crippen LogP contribution in [-0.2, 0) is 5.88 Å². The highest BCUT2D eigenvalue weighted by Crippen LogP contribution is 2.30. The van der Waals surface area contributed by atoms with Crippen molar-refractivity contribution in [3.05, 3.63) is 52.3 Å². The second-order valence-electron chi connectivity index (χ2n) is 4.76. The summed E-state index contributed by atoms with van der Waals surface area (Å²) in [6.07, 6.45) is 0. The lowest BCUT2D eigenvalue weighted by Gasteiger charge is -2.10. The minimum atomic E-state index is 0.337.